The van der Waals surface area contributed by atoms with Gasteiger partial charge >= 0.3 is 0 Å². The topological polar surface area (TPSA) is 46.3 Å². The van der Waals surface area contributed by atoms with Crippen LogP contribution in [0.5, 0.6) is 0 Å². The molecule has 0 spiro atoms. The van der Waals surface area contributed by atoms with E-state index in [1.54, 1.807) is 11.0 Å². The molecule has 2 N–H and O–H groups in total. The average Bonchev–Trinajstić information content (AvgIpc) is 2.41. The lowest BCUT2D eigenvalue weighted by atomic mass is 10.1. The van der Waals surface area contributed by atoms with Gasteiger partial charge in [-0.2, -0.15) is 0 Å². The van der Waals surface area contributed by atoms with Crippen LogP contribution in [-0.4, -0.2) is 12.5 Å². The maximum Gasteiger partial charge on any atom is 0.259 e. The fourth-order valence-corrected chi connectivity index (χ4v) is 2.76. The predicted octanol–water partition coefficient (Wildman–Crippen LogP) is 4.01. The van der Waals surface area contributed by atoms with Gasteiger partial charge in [-0.25, -0.2) is 0 Å². The van der Waals surface area contributed by atoms with E-state index in [1.807, 2.05) is 50.2 Å². The quantitative estimate of drug-likeness (QED) is 0.863. The first-order valence-corrected chi connectivity index (χ1v) is 7.26. The monoisotopic (exact) mass is 332 g/mol. The summed E-state index contributed by atoms with van der Waals surface area (Å²) >= 11 is 3.46. The van der Waals surface area contributed by atoms with Gasteiger partial charge in [0.1, 0.15) is 0 Å². The summed E-state index contributed by atoms with van der Waals surface area (Å²) in [6.07, 6.45) is 0. The van der Waals surface area contributed by atoms with Gasteiger partial charge in [-0.3, -0.25) is 4.79 Å². The van der Waals surface area contributed by atoms with E-state index >= 15 is 0 Å². The average molecular weight is 333 g/mol. The molecule has 0 unspecified atom stereocenters. The number of halogens is 1. The van der Waals surface area contributed by atoms with Gasteiger partial charge in [0.25, 0.3) is 5.91 Å². The van der Waals surface area contributed by atoms with E-state index in [1.165, 1.54) is 0 Å². The van der Waals surface area contributed by atoms with E-state index in [4.69, 9.17) is 5.73 Å². The van der Waals surface area contributed by atoms with Crippen LogP contribution in [0.2, 0.25) is 0 Å². The molecule has 0 saturated heterocycles. The zero-order valence-corrected chi connectivity index (χ0v) is 13.1. The number of nitrogen functional groups attached to an aromatic ring is 1. The molecular weight excluding hydrogens is 316 g/mol. The van der Waals surface area contributed by atoms with Crippen LogP contribution in [0.15, 0.2) is 46.9 Å². The molecule has 0 aliphatic heterocycles. The Morgan fingerprint density at radius 1 is 1.25 bits per heavy atom. The Bertz CT molecular complexity index is 640. The number of benzene rings is 2. The van der Waals surface area contributed by atoms with Gasteiger partial charge in [-0.15, -0.1) is 0 Å². The molecule has 0 aliphatic rings. The first-order valence-electron chi connectivity index (χ1n) is 6.47. The first-order chi connectivity index (χ1) is 9.54. The molecular formula is C16H17BrN2O. The minimum atomic E-state index is -0.0581. The van der Waals surface area contributed by atoms with Gasteiger partial charge in [0.05, 0.1) is 16.9 Å². The minimum Gasteiger partial charge on any atom is -0.397 e. The molecule has 104 valence electrons. The van der Waals surface area contributed by atoms with Crippen LogP contribution < -0.4 is 10.6 Å². The minimum absolute atomic E-state index is 0.0581. The van der Waals surface area contributed by atoms with Crippen LogP contribution >= 0.6 is 15.9 Å². The maximum absolute atomic E-state index is 12.7. The highest BCUT2D eigenvalue weighted by Crippen LogP contribution is 2.26. The number of anilines is 2. The van der Waals surface area contributed by atoms with Gasteiger partial charge in [-0.05, 0) is 59.6 Å². The molecule has 0 saturated carbocycles. The van der Waals surface area contributed by atoms with E-state index in [-0.39, 0.29) is 5.91 Å². The van der Waals surface area contributed by atoms with Crippen LogP contribution in [0.3, 0.4) is 0 Å². The Balaban J connectivity index is 2.42. The van der Waals surface area contributed by atoms with Crippen molar-refractivity contribution in [3.8, 4) is 0 Å². The Morgan fingerprint density at radius 3 is 2.55 bits per heavy atom. The standard InChI is InChI=1S/C16H17BrN2O/c1-3-19(15-7-5-4-6-14(15)18)16(20)12-9-8-11(2)10-13(12)17/h4-10H,3,18H2,1-2H3. The summed E-state index contributed by atoms with van der Waals surface area (Å²) in [5, 5.41) is 0. The van der Waals surface area contributed by atoms with Crippen LogP contribution in [0, 0.1) is 6.92 Å². The van der Waals surface area contributed by atoms with Gasteiger partial charge < -0.3 is 10.6 Å². The number of hydrogen-bond donors (Lipinski definition) is 1. The van der Waals surface area contributed by atoms with E-state index in [0.29, 0.717) is 17.8 Å². The highest BCUT2D eigenvalue weighted by atomic mass is 79.9. The second-order valence-electron chi connectivity index (χ2n) is 4.59. The largest absolute Gasteiger partial charge is 0.397 e. The van der Waals surface area contributed by atoms with Gasteiger partial charge in [-0.1, -0.05) is 18.2 Å². The lowest BCUT2D eigenvalue weighted by Crippen LogP contribution is -2.31. The van der Waals surface area contributed by atoms with Crippen molar-refractivity contribution < 1.29 is 4.79 Å². The fourth-order valence-electron chi connectivity index (χ4n) is 2.10. The molecule has 4 heteroatoms. The zero-order valence-electron chi connectivity index (χ0n) is 11.6. The summed E-state index contributed by atoms with van der Waals surface area (Å²) in [4.78, 5) is 14.4. The second-order valence-corrected chi connectivity index (χ2v) is 5.45. The summed E-state index contributed by atoms with van der Waals surface area (Å²) in [6, 6.07) is 13.1. The molecule has 2 aromatic carbocycles. The number of carbonyl (C=O) groups is 1. The molecule has 0 aliphatic carbocycles. The van der Waals surface area contributed by atoms with Crippen molar-refractivity contribution in [2.75, 3.05) is 17.2 Å². The zero-order chi connectivity index (χ0) is 14.7. The highest BCUT2D eigenvalue weighted by Gasteiger charge is 2.19. The molecule has 2 rings (SSSR count). The van der Waals surface area contributed by atoms with Crippen molar-refractivity contribution in [3.05, 3.63) is 58.1 Å². The van der Waals surface area contributed by atoms with Crippen molar-refractivity contribution in [1.82, 2.24) is 0 Å². The molecule has 0 atom stereocenters. The summed E-state index contributed by atoms with van der Waals surface area (Å²) in [5.74, 6) is -0.0581. The number of amides is 1. The molecule has 0 aromatic heterocycles. The van der Waals surface area contributed by atoms with Crippen LogP contribution in [-0.2, 0) is 0 Å². The van der Waals surface area contributed by atoms with Crippen molar-refractivity contribution in [2.24, 2.45) is 0 Å². The Labute approximate surface area is 127 Å². The summed E-state index contributed by atoms with van der Waals surface area (Å²) in [7, 11) is 0. The Hall–Kier alpha value is -1.81. The number of aryl methyl sites for hydroxylation is 1. The van der Waals surface area contributed by atoms with Crippen LogP contribution in [0.1, 0.15) is 22.8 Å². The van der Waals surface area contributed by atoms with E-state index < -0.39 is 0 Å². The normalized spacial score (nSPS) is 10.3. The van der Waals surface area contributed by atoms with E-state index in [0.717, 1.165) is 15.7 Å². The molecule has 3 nitrogen and oxygen atoms in total. The third kappa shape index (κ3) is 2.85. The highest BCUT2D eigenvalue weighted by molar-refractivity contribution is 9.10. The van der Waals surface area contributed by atoms with Gasteiger partial charge in [0, 0.05) is 11.0 Å². The Kier molecular flexibility index (Phi) is 4.45. The lowest BCUT2D eigenvalue weighted by molar-refractivity contribution is 0.0987. The third-order valence-corrected chi connectivity index (χ3v) is 3.80. The van der Waals surface area contributed by atoms with E-state index in [2.05, 4.69) is 15.9 Å². The summed E-state index contributed by atoms with van der Waals surface area (Å²) in [6.45, 7) is 4.49. The number of hydrogen-bond acceptors (Lipinski definition) is 2. The van der Waals surface area contributed by atoms with Gasteiger partial charge in [0.15, 0.2) is 0 Å². The first kappa shape index (κ1) is 14.6. The van der Waals surface area contributed by atoms with E-state index in [9.17, 15) is 4.79 Å². The van der Waals surface area contributed by atoms with Crippen LogP contribution in [0.25, 0.3) is 0 Å². The van der Waals surface area contributed by atoms with Crippen LogP contribution in [0.4, 0.5) is 11.4 Å². The lowest BCUT2D eigenvalue weighted by Gasteiger charge is -2.23. The Morgan fingerprint density at radius 2 is 1.95 bits per heavy atom. The maximum atomic E-state index is 12.7. The summed E-state index contributed by atoms with van der Waals surface area (Å²) in [5.41, 5.74) is 9.06. The van der Waals surface area contributed by atoms with Crippen molar-refractivity contribution >= 4 is 33.2 Å². The molecule has 0 radical (unpaired) electrons. The molecule has 0 heterocycles. The molecule has 0 fully saturated rings. The third-order valence-electron chi connectivity index (χ3n) is 3.14. The molecule has 1 amide bonds. The SMILES string of the molecule is CCN(C(=O)c1ccc(C)cc1Br)c1ccccc1N. The van der Waals surface area contributed by atoms with Gasteiger partial charge in [0.2, 0.25) is 0 Å². The number of para-hydroxylation sites is 2. The van der Waals surface area contributed by atoms with Crippen molar-refractivity contribution in [3.63, 3.8) is 0 Å². The van der Waals surface area contributed by atoms with Crippen molar-refractivity contribution in [1.29, 1.82) is 0 Å². The second kappa shape index (κ2) is 6.09. The predicted molar refractivity (Wildman–Crippen MR) is 87.1 cm³/mol. The van der Waals surface area contributed by atoms with Crippen molar-refractivity contribution in [2.45, 2.75) is 13.8 Å². The number of nitrogens with two attached hydrogens (primary N) is 1. The molecule has 20 heavy (non-hydrogen) atoms. The number of carbonyl (C=O) groups excluding carboxylic acids is 1. The molecule has 2 aromatic rings. The smallest absolute Gasteiger partial charge is 0.259 e. The summed E-state index contributed by atoms with van der Waals surface area (Å²) < 4.78 is 0.801. The fraction of sp³-hybridized carbons (Fsp3) is 0.188. The number of nitrogens with zero attached hydrogens (tertiary/aromatic N) is 1. The number of rotatable bonds is 3. The molecule has 0 bridgehead atoms.